The summed E-state index contributed by atoms with van der Waals surface area (Å²) < 4.78 is 1.16. The standard InChI is InChI=1S/C16H26BrN3/c1-12(2)18-10-14-5-6-15(17)9-16(14)20-8-7-19(4)13(3)11-20/h5-6,9,12-13,18H,7-8,10-11H2,1-4H3. The van der Waals surface area contributed by atoms with Gasteiger partial charge in [-0.25, -0.2) is 0 Å². The molecule has 0 amide bonds. The van der Waals surface area contributed by atoms with Gasteiger partial charge in [0.15, 0.2) is 0 Å². The zero-order valence-corrected chi connectivity index (χ0v) is 14.6. The highest BCUT2D eigenvalue weighted by Gasteiger charge is 2.22. The molecule has 0 spiro atoms. The molecule has 0 radical (unpaired) electrons. The first kappa shape index (κ1) is 15.8. The van der Waals surface area contributed by atoms with Crippen LogP contribution in [-0.2, 0) is 6.54 Å². The van der Waals surface area contributed by atoms with E-state index in [0.29, 0.717) is 12.1 Å². The molecule has 2 rings (SSSR count). The van der Waals surface area contributed by atoms with Crippen LogP contribution in [0.15, 0.2) is 22.7 Å². The highest BCUT2D eigenvalue weighted by Crippen LogP contribution is 2.27. The molecule has 3 nitrogen and oxygen atoms in total. The van der Waals surface area contributed by atoms with E-state index in [2.05, 4.69) is 77.1 Å². The Morgan fingerprint density at radius 3 is 2.75 bits per heavy atom. The van der Waals surface area contributed by atoms with Gasteiger partial charge in [-0.3, -0.25) is 0 Å². The van der Waals surface area contributed by atoms with Crippen LogP contribution in [-0.4, -0.2) is 43.7 Å². The summed E-state index contributed by atoms with van der Waals surface area (Å²) in [6, 6.07) is 7.75. The normalized spacial score (nSPS) is 20.7. The van der Waals surface area contributed by atoms with E-state index in [-0.39, 0.29) is 0 Å². The lowest BCUT2D eigenvalue weighted by Gasteiger charge is -2.40. The van der Waals surface area contributed by atoms with Gasteiger partial charge < -0.3 is 15.1 Å². The average Bonchev–Trinajstić information content (AvgIpc) is 2.40. The summed E-state index contributed by atoms with van der Waals surface area (Å²) in [5.41, 5.74) is 2.76. The predicted molar refractivity (Wildman–Crippen MR) is 90.4 cm³/mol. The smallest absolute Gasteiger partial charge is 0.0424 e. The summed E-state index contributed by atoms with van der Waals surface area (Å²) >= 11 is 3.61. The Kier molecular flexibility index (Phi) is 5.47. The molecule has 0 bridgehead atoms. The molecule has 0 aliphatic carbocycles. The largest absolute Gasteiger partial charge is 0.368 e. The number of anilines is 1. The second-order valence-electron chi connectivity index (χ2n) is 6.08. The van der Waals surface area contributed by atoms with Crippen molar-refractivity contribution in [2.75, 3.05) is 31.6 Å². The van der Waals surface area contributed by atoms with Crippen LogP contribution in [0.3, 0.4) is 0 Å². The molecule has 0 saturated carbocycles. The molecule has 112 valence electrons. The number of hydrogen-bond acceptors (Lipinski definition) is 3. The molecule has 0 aromatic heterocycles. The summed E-state index contributed by atoms with van der Waals surface area (Å²) in [6.07, 6.45) is 0. The molecule has 1 unspecified atom stereocenters. The van der Waals surface area contributed by atoms with Crippen LogP contribution in [0, 0.1) is 0 Å². The molecule has 20 heavy (non-hydrogen) atoms. The highest BCUT2D eigenvalue weighted by atomic mass is 79.9. The van der Waals surface area contributed by atoms with E-state index in [1.807, 2.05) is 0 Å². The van der Waals surface area contributed by atoms with Crippen molar-refractivity contribution >= 4 is 21.6 Å². The number of piperazine rings is 1. The van der Waals surface area contributed by atoms with Gasteiger partial charge in [-0.2, -0.15) is 0 Å². The molecule has 1 aliphatic rings. The Labute approximate surface area is 131 Å². The third kappa shape index (κ3) is 3.96. The van der Waals surface area contributed by atoms with Gasteiger partial charge >= 0.3 is 0 Å². The molecule has 1 aliphatic heterocycles. The fraction of sp³-hybridized carbons (Fsp3) is 0.625. The van der Waals surface area contributed by atoms with Gasteiger partial charge in [-0.15, -0.1) is 0 Å². The van der Waals surface area contributed by atoms with Crippen molar-refractivity contribution in [1.29, 1.82) is 0 Å². The maximum atomic E-state index is 3.61. The first-order valence-corrected chi connectivity index (χ1v) is 8.23. The van der Waals surface area contributed by atoms with Crippen molar-refractivity contribution < 1.29 is 0 Å². The fourth-order valence-corrected chi connectivity index (χ4v) is 2.91. The first-order chi connectivity index (χ1) is 9.47. The molecule has 4 heteroatoms. The molecular weight excluding hydrogens is 314 g/mol. The van der Waals surface area contributed by atoms with Crippen LogP contribution in [0.25, 0.3) is 0 Å². The van der Waals surface area contributed by atoms with E-state index in [1.54, 1.807) is 0 Å². The number of rotatable bonds is 4. The second kappa shape index (κ2) is 6.92. The van der Waals surface area contributed by atoms with Crippen molar-refractivity contribution in [2.45, 2.75) is 39.4 Å². The zero-order chi connectivity index (χ0) is 14.7. The molecule has 1 atom stereocenters. The minimum atomic E-state index is 0.512. The summed E-state index contributed by atoms with van der Waals surface area (Å²) in [6.45, 7) is 10.9. The molecule has 1 fully saturated rings. The maximum absolute atomic E-state index is 3.61. The van der Waals surface area contributed by atoms with E-state index in [1.165, 1.54) is 11.3 Å². The van der Waals surface area contributed by atoms with E-state index in [9.17, 15) is 0 Å². The Hall–Kier alpha value is -0.580. The third-order valence-electron chi connectivity index (χ3n) is 4.05. The van der Waals surface area contributed by atoms with E-state index in [0.717, 1.165) is 30.7 Å². The topological polar surface area (TPSA) is 18.5 Å². The van der Waals surface area contributed by atoms with Gasteiger partial charge in [-0.1, -0.05) is 35.8 Å². The predicted octanol–water partition coefficient (Wildman–Crippen LogP) is 3.09. The molecule has 1 saturated heterocycles. The molecule has 1 heterocycles. The molecule has 1 aromatic carbocycles. The van der Waals surface area contributed by atoms with Crippen molar-refractivity contribution in [3.05, 3.63) is 28.2 Å². The van der Waals surface area contributed by atoms with E-state index >= 15 is 0 Å². The summed E-state index contributed by atoms with van der Waals surface area (Å²) in [5, 5.41) is 3.53. The highest BCUT2D eigenvalue weighted by molar-refractivity contribution is 9.10. The van der Waals surface area contributed by atoms with Crippen LogP contribution in [0.1, 0.15) is 26.3 Å². The summed E-state index contributed by atoms with van der Waals surface area (Å²) in [4.78, 5) is 4.95. The lowest BCUT2D eigenvalue weighted by atomic mass is 10.1. The van der Waals surface area contributed by atoms with Gasteiger partial charge in [0, 0.05) is 48.4 Å². The van der Waals surface area contributed by atoms with Crippen molar-refractivity contribution in [3.8, 4) is 0 Å². The minimum Gasteiger partial charge on any atom is -0.368 e. The first-order valence-electron chi connectivity index (χ1n) is 7.44. The Morgan fingerprint density at radius 1 is 1.35 bits per heavy atom. The number of halogens is 1. The van der Waals surface area contributed by atoms with Crippen LogP contribution in [0.5, 0.6) is 0 Å². The number of nitrogens with zero attached hydrogens (tertiary/aromatic N) is 2. The maximum Gasteiger partial charge on any atom is 0.0424 e. The summed E-state index contributed by atoms with van der Waals surface area (Å²) in [5.74, 6) is 0. The van der Waals surface area contributed by atoms with Crippen LogP contribution in [0.4, 0.5) is 5.69 Å². The lowest BCUT2D eigenvalue weighted by molar-refractivity contribution is 0.234. The number of hydrogen-bond donors (Lipinski definition) is 1. The Bertz CT molecular complexity index is 447. The van der Waals surface area contributed by atoms with E-state index in [4.69, 9.17) is 0 Å². The molecule has 1 N–H and O–H groups in total. The number of nitrogens with one attached hydrogen (secondary N) is 1. The second-order valence-corrected chi connectivity index (χ2v) is 7.00. The summed E-state index contributed by atoms with van der Waals surface area (Å²) in [7, 11) is 2.21. The molecule has 1 aromatic rings. The SMILES string of the molecule is CC(C)NCc1ccc(Br)cc1N1CCN(C)C(C)C1. The van der Waals surface area contributed by atoms with Crippen LogP contribution >= 0.6 is 15.9 Å². The van der Waals surface area contributed by atoms with Crippen molar-refractivity contribution in [1.82, 2.24) is 10.2 Å². The Balaban J connectivity index is 2.18. The van der Waals surface area contributed by atoms with Crippen molar-refractivity contribution in [3.63, 3.8) is 0 Å². The average molecular weight is 340 g/mol. The quantitative estimate of drug-likeness (QED) is 0.909. The minimum absolute atomic E-state index is 0.512. The third-order valence-corrected chi connectivity index (χ3v) is 4.54. The fourth-order valence-electron chi connectivity index (χ4n) is 2.56. The van der Waals surface area contributed by atoms with Gasteiger partial charge in [0.1, 0.15) is 0 Å². The lowest BCUT2D eigenvalue weighted by Crippen LogP contribution is -2.50. The number of likely N-dealkylation sites (N-methyl/N-ethyl adjacent to an activating group) is 1. The number of benzene rings is 1. The Morgan fingerprint density at radius 2 is 2.10 bits per heavy atom. The monoisotopic (exact) mass is 339 g/mol. The van der Waals surface area contributed by atoms with Gasteiger partial charge in [0.25, 0.3) is 0 Å². The zero-order valence-electron chi connectivity index (χ0n) is 13.0. The van der Waals surface area contributed by atoms with Crippen molar-refractivity contribution in [2.24, 2.45) is 0 Å². The van der Waals surface area contributed by atoms with Gasteiger partial charge in [-0.05, 0) is 31.7 Å². The van der Waals surface area contributed by atoms with E-state index < -0.39 is 0 Å². The van der Waals surface area contributed by atoms with Gasteiger partial charge in [0.2, 0.25) is 0 Å². The van der Waals surface area contributed by atoms with Crippen LogP contribution < -0.4 is 10.2 Å². The molecular formula is C16H26BrN3. The van der Waals surface area contributed by atoms with Gasteiger partial charge in [0.05, 0.1) is 0 Å². The van der Waals surface area contributed by atoms with Crippen LogP contribution in [0.2, 0.25) is 0 Å².